The molecule has 0 aromatic heterocycles. The normalized spacial score (nSPS) is 26.2. The van der Waals surface area contributed by atoms with Gasteiger partial charge in [-0.1, -0.05) is 18.2 Å². The van der Waals surface area contributed by atoms with E-state index in [2.05, 4.69) is 4.90 Å². The predicted molar refractivity (Wildman–Crippen MR) is 82.2 cm³/mol. The molecular weight excluding hydrogens is 321 g/mol. The van der Waals surface area contributed by atoms with E-state index in [4.69, 9.17) is 4.74 Å². The third-order valence-corrected chi connectivity index (χ3v) is 4.91. The van der Waals surface area contributed by atoms with Gasteiger partial charge in [-0.25, -0.2) is 0 Å². The molecule has 7 heteroatoms. The van der Waals surface area contributed by atoms with Gasteiger partial charge in [-0.05, 0) is 24.6 Å². The molecule has 0 bridgehead atoms. The Hall–Kier alpha value is -1.60. The number of piperidine rings is 1. The average Bonchev–Trinajstić information content (AvgIpc) is 2.67. The zero-order chi connectivity index (χ0) is 17.3. The SMILES string of the molecule is CN1C(=O)COC[C@@H]2CCN(Cc3cccc(C(F)(F)F)c3)C[C@@H]21. The molecule has 2 aliphatic heterocycles. The number of carbonyl (C=O) groups is 1. The van der Waals surface area contributed by atoms with E-state index in [-0.39, 0.29) is 18.6 Å². The van der Waals surface area contributed by atoms with Crippen LogP contribution in [0.3, 0.4) is 0 Å². The lowest BCUT2D eigenvalue weighted by Gasteiger charge is -2.41. The molecule has 3 rings (SSSR count). The van der Waals surface area contributed by atoms with Crippen molar-refractivity contribution in [3.8, 4) is 0 Å². The Balaban J connectivity index is 1.70. The first-order chi connectivity index (χ1) is 11.3. The molecule has 2 aliphatic rings. The first-order valence-electron chi connectivity index (χ1n) is 8.06. The lowest BCUT2D eigenvalue weighted by Crippen LogP contribution is -2.52. The summed E-state index contributed by atoms with van der Waals surface area (Å²) in [4.78, 5) is 15.8. The zero-order valence-corrected chi connectivity index (χ0v) is 13.6. The Morgan fingerprint density at radius 2 is 2.12 bits per heavy atom. The maximum Gasteiger partial charge on any atom is 0.416 e. The number of alkyl halides is 3. The highest BCUT2D eigenvalue weighted by atomic mass is 19.4. The second-order valence-corrected chi connectivity index (χ2v) is 6.57. The number of likely N-dealkylation sites (tertiary alicyclic amines) is 1. The number of fused-ring (bicyclic) bond motifs is 1. The number of halogens is 3. The van der Waals surface area contributed by atoms with Crippen molar-refractivity contribution in [3.05, 3.63) is 35.4 Å². The fourth-order valence-electron chi connectivity index (χ4n) is 3.51. The largest absolute Gasteiger partial charge is 0.416 e. The van der Waals surface area contributed by atoms with Crippen LogP contribution >= 0.6 is 0 Å². The van der Waals surface area contributed by atoms with Crippen molar-refractivity contribution in [2.45, 2.75) is 25.2 Å². The molecule has 24 heavy (non-hydrogen) atoms. The van der Waals surface area contributed by atoms with Crippen LogP contribution in [0.5, 0.6) is 0 Å². The Morgan fingerprint density at radius 1 is 1.33 bits per heavy atom. The number of amides is 1. The van der Waals surface area contributed by atoms with E-state index in [1.54, 1.807) is 18.0 Å². The minimum atomic E-state index is -4.33. The van der Waals surface area contributed by atoms with Crippen LogP contribution in [0.1, 0.15) is 17.5 Å². The van der Waals surface area contributed by atoms with Gasteiger partial charge in [0.15, 0.2) is 0 Å². The van der Waals surface area contributed by atoms with Crippen molar-refractivity contribution < 1.29 is 22.7 Å². The van der Waals surface area contributed by atoms with E-state index in [0.29, 0.717) is 31.2 Å². The summed E-state index contributed by atoms with van der Waals surface area (Å²) < 4.78 is 43.9. The van der Waals surface area contributed by atoms with Gasteiger partial charge in [0.05, 0.1) is 12.2 Å². The highest BCUT2D eigenvalue weighted by molar-refractivity contribution is 5.77. The number of hydrogen-bond donors (Lipinski definition) is 0. The smallest absolute Gasteiger partial charge is 0.371 e. The summed E-state index contributed by atoms with van der Waals surface area (Å²) in [5.41, 5.74) is 0.0205. The quantitative estimate of drug-likeness (QED) is 0.827. The summed E-state index contributed by atoms with van der Waals surface area (Å²) in [6, 6.07) is 5.51. The van der Waals surface area contributed by atoms with Gasteiger partial charge in [0, 0.05) is 32.1 Å². The summed E-state index contributed by atoms with van der Waals surface area (Å²) in [5, 5.41) is 0. The van der Waals surface area contributed by atoms with Crippen molar-refractivity contribution in [3.63, 3.8) is 0 Å². The topological polar surface area (TPSA) is 32.8 Å². The zero-order valence-electron chi connectivity index (χ0n) is 13.6. The number of carbonyl (C=O) groups excluding carboxylic acids is 1. The molecule has 1 amide bonds. The van der Waals surface area contributed by atoms with Crippen LogP contribution in [0.15, 0.2) is 24.3 Å². The fraction of sp³-hybridized carbons (Fsp3) is 0.588. The van der Waals surface area contributed by atoms with E-state index in [1.807, 2.05) is 0 Å². The van der Waals surface area contributed by atoms with Gasteiger partial charge in [0.2, 0.25) is 5.91 Å². The molecule has 1 aromatic carbocycles. The first-order valence-corrected chi connectivity index (χ1v) is 8.06. The van der Waals surface area contributed by atoms with Gasteiger partial charge in [0.1, 0.15) is 6.61 Å². The molecule has 0 unspecified atom stereocenters. The lowest BCUT2D eigenvalue weighted by molar-refractivity contribution is -0.138. The van der Waals surface area contributed by atoms with E-state index in [9.17, 15) is 18.0 Å². The highest BCUT2D eigenvalue weighted by Crippen LogP contribution is 2.30. The van der Waals surface area contributed by atoms with Crippen molar-refractivity contribution in [2.24, 2.45) is 5.92 Å². The molecule has 0 saturated carbocycles. The molecule has 4 nitrogen and oxygen atoms in total. The molecule has 2 heterocycles. The summed E-state index contributed by atoms with van der Waals surface area (Å²) in [6.07, 6.45) is -3.45. The molecule has 2 atom stereocenters. The number of hydrogen-bond acceptors (Lipinski definition) is 3. The van der Waals surface area contributed by atoms with Gasteiger partial charge in [0.25, 0.3) is 0 Å². The summed E-state index contributed by atoms with van der Waals surface area (Å²) in [7, 11) is 1.78. The van der Waals surface area contributed by atoms with Crippen LogP contribution in [0.4, 0.5) is 13.2 Å². The van der Waals surface area contributed by atoms with E-state index in [1.165, 1.54) is 12.1 Å². The molecule has 0 spiro atoms. The molecule has 0 N–H and O–H groups in total. The van der Waals surface area contributed by atoms with Gasteiger partial charge >= 0.3 is 6.18 Å². The standard InChI is InChI=1S/C17H21F3N2O2/c1-21-15-9-22(6-5-13(15)10-24-11-16(21)23)8-12-3-2-4-14(7-12)17(18,19)20/h2-4,7,13,15H,5-6,8-11H2,1H3/t13-,15-/m0/s1. The Labute approximate surface area is 139 Å². The van der Waals surface area contributed by atoms with Crippen LogP contribution in [-0.2, 0) is 22.3 Å². The van der Waals surface area contributed by atoms with Gasteiger partial charge in [-0.15, -0.1) is 0 Å². The van der Waals surface area contributed by atoms with Crippen LogP contribution in [0.2, 0.25) is 0 Å². The summed E-state index contributed by atoms with van der Waals surface area (Å²) in [6.45, 7) is 2.58. The Morgan fingerprint density at radius 3 is 2.88 bits per heavy atom. The van der Waals surface area contributed by atoms with Gasteiger partial charge < -0.3 is 9.64 Å². The second kappa shape index (κ2) is 6.72. The van der Waals surface area contributed by atoms with Gasteiger partial charge in [-0.2, -0.15) is 13.2 Å². The monoisotopic (exact) mass is 342 g/mol. The molecule has 2 fully saturated rings. The van der Waals surface area contributed by atoms with E-state index in [0.717, 1.165) is 19.0 Å². The molecule has 0 aliphatic carbocycles. The van der Waals surface area contributed by atoms with Crippen LogP contribution in [0, 0.1) is 5.92 Å². The maximum absolute atomic E-state index is 12.8. The number of nitrogens with zero attached hydrogens (tertiary/aromatic N) is 2. The Bertz CT molecular complexity index is 606. The maximum atomic E-state index is 12.8. The number of ether oxygens (including phenoxy) is 1. The second-order valence-electron chi connectivity index (χ2n) is 6.57. The minimum Gasteiger partial charge on any atom is -0.371 e. The molecule has 132 valence electrons. The summed E-state index contributed by atoms with van der Waals surface area (Å²) >= 11 is 0. The Kier molecular flexibility index (Phi) is 4.83. The van der Waals surface area contributed by atoms with Crippen LogP contribution in [0.25, 0.3) is 0 Å². The first kappa shape index (κ1) is 17.2. The fourth-order valence-corrected chi connectivity index (χ4v) is 3.51. The van der Waals surface area contributed by atoms with E-state index >= 15 is 0 Å². The van der Waals surface area contributed by atoms with Gasteiger partial charge in [-0.3, -0.25) is 9.69 Å². The van der Waals surface area contributed by atoms with Crippen molar-refractivity contribution >= 4 is 5.91 Å². The summed E-state index contributed by atoms with van der Waals surface area (Å²) in [5.74, 6) is 0.252. The predicted octanol–water partition coefficient (Wildman–Crippen LogP) is 2.38. The highest BCUT2D eigenvalue weighted by Gasteiger charge is 2.36. The number of rotatable bonds is 2. The van der Waals surface area contributed by atoms with Crippen LogP contribution in [-0.4, -0.2) is 55.1 Å². The molecular formula is C17H21F3N2O2. The lowest BCUT2D eigenvalue weighted by atomic mass is 9.91. The van der Waals surface area contributed by atoms with Crippen LogP contribution < -0.4 is 0 Å². The van der Waals surface area contributed by atoms with Crippen molar-refractivity contribution in [1.29, 1.82) is 0 Å². The number of likely N-dealkylation sites (N-methyl/N-ethyl adjacent to an activating group) is 1. The number of benzene rings is 1. The van der Waals surface area contributed by atoms with Crippen molar-refractivity contribution in [2.75, 3.05) is 33.4 Å². The molecule has 1 aromatic rings. The average molecular weight is 342 g/mol. The van der Waals surface area contributed by atoms with Crippen molar-refractivity contribution in [1.82, 2.24) is 9.80 Å². The minimum absolute atomic E-state index is 0.0385. The third kappa shape index (κ3) is 3.72. The molecule has 0 radical (unpaired) electrons. The molecule has 2 saturated heterocycles. The van der Waals surface area contributed by atoms with E-state index < -0.39 is 11.7 Å². The third-order valence-electron chi connectivity index (χ3n) is 4.91.